The molecule has 0 aromatic carbocycles. The average molecular weight is 295 g/mol. The molecule has 1 aliphatic heterocycles. The van der Waals surface area contributed by atoms with Crippen LogP contribution >= 0.6 is 11.3 Å². The summed E-state index contributed by atoms with van der Waals surface area (Å²) in [6.45, 7) is 8.40. The number of carbonyl (C=O) groups excluding carboxylic acids is 1. The summed E-state index contributed by atoms with van der Waals surface area (Å²) in [5.74, 6) is 0.229. The minimum atomic E-state index is 0.229. The number of piperazine rings is 1. The fourth-order valence-corrected chi connectivity index (χ4v) is 3.42. The summed E-state index contributed by atoms with van der Waals surface area (Å²) in [4.78, 5) is 19.1. The number of likely N-dealkylation sites (N-methyl/N-ethyl adjacent to an activating group) is 1. The molecule has 1 fully saturated rings. The van der Waals surface area contributed by atoms with Gasteiger partial charge >= 0.3 is 0 Å². The van der Waals surface area contributed by atoms with Gasteiger partial charge in [0.1, 0.15) is 0 Å². The molecule has 4 nitrogen and oxygen atoms in total. The minimum Gasteiger partial charge on any atom is -0.339 e. The second kappa shape index (κ2) is 7.20. The van der Waals surface area contributed by atoms with E-state index in [4.69, 9.17) is 0 Å². The van der Waals surface area contributed by atoms with Crippen molar-refractivity contribution in [3.05, 3.63) is 21.9 Å². The van der Waals surface area contributed by atoms with E-state index in [1.54, 1.807) is 0 Å². The maximum absolute atomic E-state index is 12.1. The largest absolute Gasteiger partial charge is 0.339 e. The summed E-state index contributed by atoms with van der Waals surface area (Å²) < 4.78 is 0. The normalized spacial score (nSPS) is 18.2. The topological polar surface area (TPSA) is 35.6 Å². The van der Waals surface area contributed by atoms with Crippen LogP contribution in [-0.4, -0.2) is 61.5 Å². The highest BCUT2D eigenvalue weighted by molar-refractivity contribution is 7.11. The van der Waals surface area contributed by atoms with Crippen molar-refractivity contribution in [2.24, 2.45) is 0 Å². The number of hydrogen-bond acceptors (Lipinski definition) is 4. The SMILES string of the molecule is Cc1ccc(CC(C)NCC(=O)N2CCN(C)CC2)s1. The van der Waals surface area contributed by atoms with Gasteiger partial charge in [0.2, 0.25) is 5.91 Å². The van der Waals surface area contributed by atoms with Gasteiger partial charge < -0.3 is 15.1 Å². The van der Waals surface area contributed by atoms with E-state index in [1.165, 1.54) is 9.75 Å². The predicted molar refractivity (Wildman–Crippen MR) is 84.3 cm³/mol. The third-order valence-electron chi connectivity index (χ3n) is 3.76. The van der Waals surface area contributed by atoms with Crippen LogP contribution in [-0.2, 0) is 11.2 Å². The molecular formula is C15H25N3OS. The van der Waals surface area contributed by atoms with Gasteiger partial charge in [-0.15, -0.1) is 11.3 Å². The van der Waals surface area contributed by atoms with Crippen LogP contribution in [0.1, 0.15) is 16.7 Å². The highest BCUT2D eigenvalue weighted by Gasteiger charge is 2.19. The van der Waals surface area contributed by atoms with Crippen LogP contribution in [0.15, 0.2) is 12.1 Å². The Morgan fingerprint density at radius 2 is 2.05 bits per heavy atom. The molecule has 1 amide bonds. The van der Waals surface area contributed by atoms with E-state index in [-0.39, 0.29) is 5.91 Å². The van der Waals surface area contributed by atoms with Crippen LogP contribution in [0.25, 0.3) is 0 Å². The highest BCUT2D eigenvalue weighted by atomic mass is 32.1. The molecule has 0 radical (unpaired) electrons. The molecule has 1 aliphatic rings. The van der Waals surface area contributed by atoms with Crippen molar-refractivity contribution in [3.8, 4) is 0 Å². The molecule has 1 aromatic heterocycles. The Kier molecular flexibility index (Phi) is 5.57. The van der Waals surface area contributed by atoms with Crippen molar-refractivity contribution >= 4 is 17.2 Å². The third kappa shape index (κ3) is 4.58. The first-order valence-corrected chi connectivity index (χ1v) is 8.11. The molecule has 0 spiro atoms. The zero-order valence-corrected chi connectivity index (χ0v) is 13.5. The van der Waals surface area contributed by atoms with Gasteiger partial charge in [0.15, 0.2) is 0 Å². The molecule has 2 heterocycles. The highest BCUT2D eigenvalue weighted by Crippen LogP contribution is 2.16. The fourth-order valence-electron chi connectivity index (χ4n) is 2.40. The van der Waals surface area contributed by atoms with Gasteiger partial charge in [-0.3, -0.25) is 4.79 Å². The molecule has 0 bridgehead atoms. The fraction of sp³-hybridized carbons (Fsp3) is 0.667. The van der Waals surface area contributed by atoms with Crippen LogP contribution in [0.3, 0.4) is 0 Å². The first-order chi connectivity index (χ1) is 9.54. The van der Waals surface area contributed by atoms with Gasteiger partial charge in [0, 0.05) is 42.0 Å². The zero-order valence-electron chi connectivity index (χ0n) is 12.7. The van der Waals surface area contributed by atoms with Gasteiger partial charge in [-0.1, -0.05) is 0 Å². The van der Waals surface area contributed by atoms with Gasteiger partial charge in [0.25, 0.3) is 0 Å². The maximum atomic E-state index is 12.1. The Balaban J connectivity index is 1.70. The lowest BCUT2D eigenvalue weighted by Crippen LogP contribution is -2.50. The molecule has 112 valence electrons. The molecule has 5 heteroatoms. The maximum Gasteiger partial charge on any atom is 0.236 e. The van der Waals surface area contributed by atoms with Gasteiger partial charge in [-0.25, -0.2) is 0 Å². The van der Waals surface area contributed by atoms with Gasteiger partial charge in [0.05, 0.1) is 6.54 Å². The number of amides is 1. The molecule has 1 aromatic rings. The summed E-state index contributed by atoms with van der Waals surface area (Å²) >= 11 is 1.84. The van der Waals surface area contributed by atoms with E-state index < -0.39 is 0 Å². The Hall–Kier alpha value is -0.910. The Bertz CT molecular complexity index is 438. The second-order valence-electron chi connectivity index (χ2n) is 5.68. The standard InChI is InChI=1S/C15H25N3OS/c1-12(10-14-5-4-13(2)20-14)16-11-15(19)18-8-6-17(3)7-9-18/h4-5,12,16H,6-11H2,1-3H3. The Labute approximate surface area is 125 Å². The monoisotopic (exact) mass is 295 g/mol. The second-order valence-corrected chi connectivity index (χ2v) is 7.05. The van der Waals surface area contributed by atoms with Crippen molar-refractivity contribution in [1.29, 1.82) is 0 Å². The van der Waals surface area contributed by atoms with Crippen molar-refractivity contribution in [2.75, 3.05) is 39.8 Å². The van der Waals surface area contributed by atoms with Crippen LogP contribution in [0.4, 0.5) is 0 Å². The first-order valence-electron chi connectivity index (χ1n) is 7.29. The number of nitrogens with one attached hydrogen (secondary N) is 1. The molecule has 1 N–H and O–H groups in total. The molecule has 1 unspecified atom stereocenters. The lowest BCUT2D eigenvalue weighted by Gasteiger charge is -2.32. The Morgan fingerprint density at radius 1 is 1.35 bits per heavy atom. The van der Waals surface area contributed by atoms with Crippen molar-refractivity contribution in [2.45, 2.75) is 26.3 Å². The first kappa shape index (κ1) is 15.5. The lowest BCUT2D eigenvalue weighted by molar-refractivity contribution is -0.131. The van der Waals surface area contributed by atoms with E-state index in [2.05, 4.69) is 43.2 Å². The summed E-state index contributed by atoms with van der Waals surface area (Å²) in [6, 6.07) is 4.67. The number of carbonyl (C=O) groups is 1. The van der Waals surface area contributed by atoms with E-state index in [0.717, 1.165) is 32.6 Å². The lowest BCUT2D eigenvalue weighted by atomic mass is 10.2. The molecule has 20 heavy (non-hydrogen) atoms. The van der Waals surface area contributed by atoms with Crippen molar-refractivity contribution < 1.29 is 4.79 Å². The molecule has 2 rings (SSSR count). The number of hydrogen-bond donors (Lipinski definition) is 1. The van der Waals surface area contributed by atoms with E-state index >= 15 is 0 Å². The minimum absolute atomic E-state index is 0.229. The summed E-state index contributed by atoms with van der Waals surface area (Å²) in [5.41, 5.74) is 0. The van der Waals surface area contributed by atoms with E-state index in [9.17, 15) is 4.79 Å². The third-order valence-corrected chi connectivity index (χ3v) is 4.78. The predicted octanol–water partition coefficient (Wildman–Crippen LogP) is 1.35. The zero-order chi connectivity index (χ0) is 14.5. The summed E-state index contributed by atoms with van der Waals surface area (Å²) in [7, 11) is 2.10. The van der Waals surface area contributed by atoms with Crippen molar-refractivity contribution in [1.82, 2.24) is 15.1 Å². The smallest absolute Gasteiger partial charge is 0.236 e. The van der Waals surface area contributed by atoms with Crippen LogP contribution in [0.2, 0.25) is 0 Å². The molecular weight excluding hydrogens is 270 g/mol. The number of rotatable bonds is 5. The summed E-state index contributed by atoms with van der Waals surface area (Å²) in [6.07, 6.45) is 0.995. The molecule has 1 saturated heterocycles. The number of thiophene rings is 1. The van der Waals surface area contributed by atoms with E-state index in [0.29, 0.717) is 12.6 Å². The average Bonchev–Trinajstić information content (AvgIpc) is 2.82. The summed E-state index contributed by atoms with van der Waals surface area (Å²) in [5, 5.41) is 3.35. The molecule has 0 saturated carbocycles. The number of nitrogens with zero attached hydrogens (tertiary/aromatic N) is 2. The van der Waals surface area contributed by atoms with Crippen molar-refractivity contribution in [3.63, 3.8) is 0 Å². The quantitative estimate of drug-likeness (QED) is 0.891. The Morgan fingerprint density at radius 3 is 2.65 bits per heavy atom. The van der Waals surface area contributed by atoms with Gasteiger partial charge in [-0.2, -0.15) is 0 Å². The van der Waals surface area contributed by atoms with Crippen LogP contribution in [0.5, 0.6) is 0 Å². The van der Waals surface area contributed by atoms with Gasteiger partial charge in [-0.05, 0) is 39.4 Å². The molecule has 1 atom stereocenters. The van der Waals surface area contributed by atoms with Crippen LogP contribution < -0.4 is 5.32 Å². The molecule has 0 aliphatic carbocycles. The van der Waals surface area contributed by atoms with E-state index in [1.807, 2.05) is 16.2 Å². The number of aryl methyl sites for hydroxylation is 1. The van der Waals surface area contributed by atoms with Crippen LogP contribution in [0, 0.1) is 6.92 Å².